The average molecular weight is 395 g/mol. The molecule has 4 heterocycles. The second kappa shape index (κ2) is 7.04. The molecule has 2 saturated heterocycles. The third kappa shape index (κ3) is 3.48. The summed E-state index contributed by atoms with van der Waals surface area (Å²) in [7, 11) is 0. The predicted octanol–water partition coefficient (Wildman–Crippen LogP) is 3.32. The molecule has 0 bridgehead atoms. The van der Waals surface area contributed by atoms with Gasteiger partial charge in [-0.25, -0.2) is 9.97 Å². The first-order chi connectivity index (χ1) is 13.2. The summed E-state index contributed by atoms with van der Waals surface area (Å²) in [6.07, 6.45) is -0.352. The average Bonchev–Trinajstić information content (AvgIpc) is 3.19. The van der Waals surface area contributed by atoms with Crippen LogP contribution in [-0.2, 0) is 10.9 Å². The molecule has 0 radical (unpaired) electrons. The Bertz CT molecular complexity index is 860. The van der Waals surface area contributed by atoms with Crippen molar-refractivity contribution in [3.05, 3.63) is 29.8 Å². The molecule has 1 unspecified atom stereocenters. The van der Waals surface area contributed by atoms with E-state index in [0.717, 1.165) is 44.6 Å². The molecular formula is C19H24F3N5O. The van der Waals surface area contributed by atoms with Crippen molar-refractivity contribution < 1.29 is 17.9 Å². The molecule has 1 atom stereocenters. The zero-order valence-electron chi connectivity index (χ0n) is 15.9. The van der Waals surface area contributed by atoms with Crippen LogP contribution in [0.3, 0.4) is 0 Å². The first-order valence-corrected chi connectivity index (χ1v) is 9.47. The van der Waals surface area contributed by atoms with Crippen molar-refractivity contribution in [1.82, 2.24) is 19.4 Å². The van der Waals surface area contributed by atoms with Gasteiger partial charge in [0, 0.05) is 43.0 Å². The molecule has 2 aromatic rings. The van der Waals surface area contributed by atoms with E-state index in [4.69, 9.17) is 10.5 Å². The Morgan fingerprint density at radius 1 is 1.25 bits per heavy atom. The van der Waals surface area contributed by atoms with Crippen LogP contribution in [0.25, 0.3) is 11.3 Å². The lowest BCUT2D eigenvalue weighted by Gasteiger charge is -2.34. The number of nitrogens with two attached hydrogens (primary N) is 1. The molecule has 9 heteroatoms. The van der Waals surface area contributed by atoms with Crippen molar-refractivity contribution in [1.29, 1.82) is 0 Å². The van der Waals surface area contributed by atoms with Gasteiger partial charge >= 0.3 is 6.18 Å². The summed E-state index contributed by atoms with van der Waals surface area (Å²) in [5, 5.41) is 0. The molecule has 2 aliphatic heterocycles. The summed E-state index contributed by atoms with van der Waals surface area (Å²) in [6.45, 7) is 7.52. The van der Waals surface area contributed by atoms with E-state index in [-0.39, 0.29) is 12.0 Å². The third-order valence-electron chi connectivity index (χ3n) is 5.52. The van der Waals surface area contributed by atoms with E-state index in [1.54, 1.807) is 0 Å². The van der Waals surface area contributed by atoms with Crippen LogP contribution in [0.4, 0.5) is 19.0 Å². The first kappa shape index (κ1) is 19.2. The number of imidazole rings is 1. The SMILES string of the molecule is CC(C)c1nc(-c2cnc(N)c(C(F)(F)F)c2)cn1C1CCN(C2COC2)C1. The number of aromatic nitrogens is 3. The maximum absolute atomic E-state index is 13.2. The third-order valence-corrected chi connectivity index (χ3v) is 5.52. The van der Waals surface area contributed by atoms with Gasteiger partial charge in [-0.1, -0.05) is 13.8 Å². The van der Waals surface area contributed by atoms with E-state index in [9.17, 15) is 13.2 Å². The number of nitrogens with zero attached hydrogens (tertiary/aromatic N) is 4. The van der Waals surface area contributed by atoms with Gasteiger partial charge in [0.2, 0.25) is 0 Å². The fourth-order valence-corrected chi connectivity index (χ4v) is 3.87. The Kier molecular flexibility index (Phi) is 4.83. The lowest BCUT2D eigenvalue weighted by molar-refractivity contribution is -0.137. The Labute approximate surface area is 161 Å². The van der Waals surface area contributed by atoms with Crippen molar-refractivity contribution in [3.8, 4) is 11.3 Å². The van der Waals surface area contributed by atoms with E-state index in [1.807, 2.05) is 20.0 Å². The number of hydrogen-bond acceptors (Lipinski definition) is 5. The molecule has 6 nitrogen and oxygen atoms in total. The number of pyridine rings is 1. The predicted molar refractivity (Wildman–Crippen MR) is 98.8 cm³/mol. The number of rotatable bonds is 4. The van der Waals surface area contributed by atoms with Crippen molar-refractivity contribution >= 4 is 5.82 Å². The molecule has 2 fully saturated rings. The van der Waals surface area contributed by atoms with Gasteiger partial charge in [-0.3, -0.25) is 4.90 Å². The molecule has 0 aliphatic carbocycles. The highest BCUT2D eigenvalue weighted by molar-refractivity contribution is 5.62. The molecule has 28 heavy (non-hydrogen) atoms. The minimum atomic E-state index is -4.55. The van der Waals surface area contributed by atoms with Gasteiger partial charge in [0.15, 0.2) is 0 Å². The number of ether oxygens (including phenoxy) is 1. The highest BCUT2D eigenvalue weighted by Crippen LogP contribution is 2.36. The van der Waals surface area contributed by atoms with Crippen molar-refractivity contribution in [2.24, 2.45) is 0 Å². The van der Waals surface area contributed by atoms with Crippen LogP contribution in [-0.4, -0.2) is 51.8 Å². The number of nitrogen functional groups attached to an aromatic ring is 1. The molecule has 2 aliphatic rings. The lowest BCUT2D eigenvalue weighted by Crippen LogP contribution is -2.47. The number of alkyl halides is 3. The molecule has 0 aromatic carbocycles. The second-order valence-corrected chi connectivity index (χ2v) is 7.83. The summed E-state index contributed by atoms with van der Waals surface area (Å²) >= 11 is 0. The Hall–Kier alpha value is -2.13. The van der Waals surface area contributed by atoms with Crippen LogP contribution in [0.5, 0.6) is 0 Å². The van der Waals surface area contributed by atoms with Gasteiger partial charge in [0.05, 0.1) is 30.5 Å². The summed E-state index contributed by atoms with van der Waals surface area (Å²) < 4.78 is 47.0. The fraction of sp³-hybridized carbons (Fsp3) is 0.579. The van der Waals surface area contributed by atoms with Crippen LogP contribution in [0.2, 0.25) is 0 Å². The molecule has 0 spiro atoms. The number of hydrogen-bond donors (Lipinski definition) is 1. The monoisotopic (exact) mass is 395 g/mol. The minimum Gasteiger partial charge on any atom is -0.383 e. The van der Waals surface area contributed by atoms with Gasteiger partial charge < -0.3 is 15.0 Å². The fourth-order valence-electron chi connectivity index (χ4n) is 3.87. The van der Waals surface area contributed by atoms with Crippen molar-refractivity contribution in [3.63, 3.8) is 0 Å². The maximum atomic E-state index is 13.2. The van der Waals surface area contributed by atoms with Crippen molar-refractivity contribution in [2.75, 3.05) is 32.0 Å². The van der Waals surface area contributed by atoms with E-state index in [2.05, 4.69) is 19.4 Å². The van der Waals surface area contributed by atoms with Gasteiger partial charge in [-0.05, 0) is 12.5 Å². The Morgan fingerprint density at radius 2 is 2.00 bits per heavy atom. The zero-order valence-corrected chi connectivity index (χ0v) is 15.9. The molecular weight excluding hydrogens is 371 g/mol. The molecule has 0 amide bonds. The zero-order chi connectivity index (χ0) is 20.1. The Balaban J connectivity index is 1.66. The van der Waals surface area contributed by atoms with Crippen LogP contribution >= 0.6 is 0 Å². The van der Waals surface area contributed by atoms with Gasteiger partial charge in [0.25, 0.3) is 0 Å². The normalized spacial score (nSPS) is 21.4. The van der Waals surface area contributed by atoms with Crippen LogP contribution in [0.15, 0.2) is 18.5 Å². The summed E-state index contributed by atoms with van der Waals surface area (Å²) in [4.78, 5) is 10.8. The Morgan fingerprint density at radius 3 is 2.61 bits per heavy atom. The second-order valence-electron chi connectivity index (χ2n) is 7.83. The van der Waals surface area contributed by atoms with Crippen molar-refractivity contribution in [2.45, 2.75) is 44.4 Å². The van der Waals surface area contributed by atoms with E-state index in [0.29, 0.717) is 17.3 Å². The summed E-state index contributed by atoms with van der Waals surface area (Å²) in [6, 6.07) is 1.76. The molecule has 2 N–H and O–H groups in total. The minimum absolute atomic E-state index is 0.152. The summed E-state index contributed by atoms with van der Waals surface area (Å²) in [5.74, 6) is 0.504. The van der Waals surface area contributed by atoms with E-state index in [1.165, 1.54) is 6.20 Å². The highest BCUT2D eigenvalue weighted by atomic mass is 19.4. The highest BCUT2D eigenvalue weighted by Gasteiger charge is 2.36. The van der Waals surface area contributed by atoms with Gasteiger partial charge in [0.1, 0.15) is 11.6 Å². The lowest BCUT2D eigenvalue weighted by atomic mass is 10.1. The number of anilines is 1. The maximum Gasteiger partial charge on any atom is 0.419 e. The molecule has 0 saturated carbocycles. The van der Waals surface area contributed by atoms with E-state index < -0.39 is 17.6 Å². The van der Waals surface area contributed by atoms with Gasteiger partial charge in [-0.2, -0.15) is 13.2 Å². The largest absolute Gasteiger partial charge is 0.419 e. The van der Waals surface area contributed by atoms with Crippen LogP contribution in [0.1, 0.15) is 43.6 Å². The number of halogens is 3. The first-order valence-electron chi connectivity index (χ1n) is 9.47. The smallest absolute Gasteiger partial charge is 0.383 e. The molecule has 2 aromatic heterocycles. The molecule has 4 rings (SSSR count). The van der Waals surface area contributed by atoms with Crippen LogP contribution < -0.4 is 5.73 Å². The van der Waals surface area contributed by atoms with Crippen LogP contribution in [0, 0.1) is 0 Å². The molecule has 152 valence electrons. The van der Waals surface area contributed by atoms with Gasteiger partial charge in [-0.15, -0.1) is 0 Å². The summed E-state index contributed by atoms with van der Waals surface area (Å²) in [5.41, 5.74) is 5.31. The van der Waals surface area contributed by atoms with E-state index >= 15 is 0 Å². The topological polar surface area (TPSA) is 69.2 Å². The number of likely N-dealkylation sites (tertiary alicyclic amines) is 1. The standard InChI is InChI=1S/C19H24F3N5O/c1-11(2)18-25-16(12-5-15(19(20,21)22)17(23)24-6-12)8-27(18)13-3-4-26(7-13)14-9-28-10-14/h5-6,8,11,13-14H,3-4,7,9-10H2,1-2H3,(H2,23,24). The quantitative estimate of drug-likeness (QED) is 0.860.